The highest BCUT2D eigenvalue weighted by Gasteiger charge is 2.36. The van der Waals surface area contributed by atoms with Crippen molar-refractivity contribution in [2.45, 2.75) is 40.7 Å². The van der Waals surface area contributed by atoms with Crippen LogP contribution in [0, 0.1) is 17.3 Å². The van der Waals surface area contributed by atoms with Gasteiger partial charge in [-0.1, -0.05) is 34.6 Å². The molecule has 0 aliphatic heterocycles. The Labute approximate surface area is 97.6 Å². The molecule has 0 rings (SSSR count). The van der Waals surface area contributed by atoms with E-state index >= 15 is 0 Å². The molecule has 16 heavy (non-hydrogen) atoms. The van der Waals surface area contributed by atoms with E-state index in [-0.39, 0.29) is 36.4 Å². The summed E-state index contributed by atoms with van der Waals surface area (Å²) in [5.41, 5.74) is -0.194. The summed E-state index contributed by atoms with van der Waals surface area (Å²) in [4.78, 5) is 11.9. The highest BCUT2D eigenvalue weighted by Crippen LogP contribution is 2.33. The van der Waals surface area contributed by atoms with Gasteiger partial charge in [0.1, 0.15) is 6.10 Å². The maximum absolute atomic E-state index is 11.9. The highest BCUT2D eigenvalue weighted by molar-refractivity contribution is 5.73. The first-order valence-corrected chi connectivity index (χ1v) is 5.66. The molecule has 0 bridgehead atoms. The summed E-state index contributed by atoms with van der Waals surface area (Å²) in [6.07, 6.45) is -0.809. The van der Waals surface area contributed by atoms with Crippen LogP contribution in [0.15, 0.2) is 0 Å². The van der Waals surface area contributed by atoms with Gasteiger partial charge in [0.05, 0.1) is 19.1 Å². The lowest BCUT2D eigenvalue weighted by Gasteiger charge is -2.32. The summed E-state index contributed by atoms with van der Waals surface area (Å²) in [6, 6.07) is 0. The molecule has 0 fully saturated rings. The summed E-state index contributed by atoms with van der Waals surface area (Å²) in [6.45, 7) is 9.16. The molecule has 0 aliphatic carbocycles. The Hall–Kier alpha value is -0.610. The average Bonchev–Trinajstić information content (AvgIpc) is 2.10. The Kier molecular flexibility index (Phi) is 5.97. The molecule has 0 aromatic carbocycles. The fraction of sp³-hybridized carbons (Fsp3) is 0.917. The molecular weight excluding hydrogens is 208 g/mol. The SMILES string of the molecule is CC(C)[C@H](C(=O)OC(CO)CO)C(C)(C)C. The predicted molar refractivity (Wildman–Crippen MR) is 61.8 cm³/mol. The first kappa shape index (κ1) is 15.4. The second-order valence-electron chi connectivity index (χ2n) is 5.51. The number of hydrogen-bond acceptors (Lipinski definition) is 4. The minimum Gasteiger partial charge on any atom is -0.457 e. The van der Waals surface area contributed by atoms with Gasteiger partial charge in [0.2, 0.25) is 0 Å². The second-order valence-corrected chi connectivity index (χ2v) is 5.51. The number of rotatable bonds is 5. The smallest absolute Gasteiger partial charge is 0.310 e. The lowest BCUT2D eigenvalue weighted by atomic mass is 9.74. The molecule has 0 aromatic heterocycles. The van der Waals surface area contributed by atoms with Crippen LogP contribution in [0.4, 0.5) is 0 Å². The van der Waals surface area contributed by atoms with Gasteiger partial charge in [-0.15, -0.1) is 0 Å². The molecule has 2 N–H and O–H groups in total. The van der Waals surface area contributed by atoms with Crippen molar-refractivity contribution in [1.29, 1.82) is 0 Å². The number of carbonyl (C=O) groups excluding carboxylic acids is 1. The van der Waals surface area contributed by atoms with Crippen LogP contribution < -0.4 is 0 Å². The first-order valence-electron chi connectivity index (χ1n) is 5.66. The molecule has 1 atom stereocenters. The Bertz CT molecular complexity index is 214. The summed E-state index contributed by atoms with van der Waals surface area (Å²) in [5, 5.41) is 17.7. The van der Waals surface area contributed by atoms with Crippen LogP contribution in [-0.2, 0) is 9.53 Å². The molecule has 0 aliphatic rings. The molecule has 0 amide bonds. The van der Waals surface area contributed by atoms with Crippen LogP contribution in [0.25, 0.3) is 0 Å². The minimum absolute atomic E-state index is 0.158. The van der Waals surface area contributed by atoms with E-state index in [0.29, 0.717) is 0 Å². The predicted octanol–water partition coefficient (Wildman–Crippen LogP) is 1.20. The third kappa shape index (κ3) is 4.49. The Morgan fingerprint density at radius 2 is 1.62 bits per heavy atom. The van der Waals surface area contributed by atoms with Crippen LogP contribution in [0.5, 0.6) is 0 Å². The molecule has 0 radical (unpaired) electrons. The van der Waals surface area contributed by atoms with Crippen molar-refractivity contribution in [1.82, 2.24) is 0 Å². The normalized spacial score (nSPS) is 14.3. The molecule has 0 aromatic rings. The van der Waals surface area contributed by atoms with Crippen LogP contribution in [-0.4, -0.2) is 35.5 Å². The molecule has 96 valence electrons. The number of ether oxygens (including phenoxy) is 1. The molecule has 0 saturated heterocycles. The number of aliphatic hydroxyl groups is 2. The number of carbonyl (C=O) groups is 1. The van der Waals surface area contributed by atoms with Crippen LogP contribution in [0.1, 0.15) is 34.6 Å². The van der Waals surface area contributed by atoms with Crippen molar-refractivity contribution in [3.05, 3.63) is 0 Å². The Morgan fingerprint density at radius 1 is 1.19 bits per heavy atom. The van der Waals surface area contributed by atoms with Gasteiger partial charge >= 0.3 is 5.97 Å². The van der Waals surface area contributed by atoms with Crippen molar-refractivity contribution in [2.75, 3.05) is 13.2 Å². The van der Waals surface area contributed by atoms with E-state index < -0.39 is 6.10 Å². The van der Waals surface area contributed by atoms with E-state index in [2.05, 4.69) is 0 Å². The molecule has 0 saturated carbocycles. The van der Waals surface area contributed by atoms with Crippen LogP contribution in [0.2, 0.25) is 0 Å². The van der Waals surface area contributed by atoms with Gasteiger partial charge in [-0.05, 0) is 11.3 Å². The Morgan fingerprint density at radius 3 is 1.88 bits per heavy atom. The van der Waals surface area contributed by atoms with E-state index in [9.17, 15) is 4.79 Å². The van der Waals surface area contributed by atoms with Crippen LogP contribution >= 0.6 is 0 Å². The maximum Gasteiger partial charge on any atom is 0.310 e. The van der Waals surface area contributed by atoms with E-state index in [1.807, 2.05) is 34.6 Å². The van der Waals surface area contributed by atoms with Gasteiger partial charge in [-0.2, -0.15) is 0 Å². The highest BCUT2D eigenvalue weighted by atomic mass is 16.6. The molecule has 4 nitrogen and oxygen atoms in total. The van der Waals surface area contributed by atoms with E-state index in [0.717, 1.165) is 0 Å². The van der Waals surface area contributed by atoms with Crippen molar-refractivity contribution < 1.29 is 19.7 Å². The van der Waals surface area contributed by atoms with Crippen LogP contribution in [0.3, 0.4) is 0 Å². The molecule has 0 unspecified atom stereocenters. The van der Waals surface area contributed by atoms with Gasteiger partial charge in [-0.3, -0.25) is 4.79 Å². The standard InChI is InChI=1S/C12H24O4/c1-8(2)10(12(3,4)5)11(15)16-9(6-13)7-14/h8-10,13-14H,6-7H2,1-5H3/t10-/m1/s1. The lowest BCUT2D eigenvalue weighted by molar-refractivity contribution is -0.164. The summed E-state index contributed by atoms with van der Waals surface area (Å²) in [7, 11) is 0. The minimum atomic E-state index is -0.809. The topological polar surface area (TPSA) is 66.8 Å². The zero-order chi connectivity index (χ0) is 12.9. The van der Waals surface area contributed by atoms with Gasteiger partial charge in [-0.25, -0.2) is 0 Å². The summed E-state index contributed by atoms with van der Waals surface area (Å²) < 4.78 is 5.06. The van der Waals surface area contributed by atoms with Gasteiger partial charge in [0.25, 0.3) is 0 Å². The van der Waals surface area contributed by atoms with E-state index in [1.165, 1.54) is 0 Å². The number of esters is 1. The summed E-state index contributed by atoms with van der Waals surface area (Å²) >= 11 is 0. The third-order valence-corrected chi connectivity index (χ3v) is 2.54. The second kappa shape index (κ2) is 6.21. The van der Waals surface area contributed by atoms with E-state index in [1.54, 1.807) is 0 Å². The lowest BCUT2D eigenvalue weighted by Crippen LogP contribution is -2.38. The first-order chi connectivity index (χ1) is 7.23. The number of hydrogen-bond donors (Lipinski definition) is 2. The maximum atomic E-state index is 11.9. The largest absolute Gasteiger partial charge is 0.457 e. The quantitative estimate of drug-likeness (QED) is 0.699. The third-order valence-electron chi connectivity index (χ3n) is 2.54. The van der Waals surface area contributed by atoms with E-state index in [4.69, 9.17) is 14.9 Å². The van der Waals surface area contributed by atoms with Crippen molar-refractivity contribution in [3.8, 4) is 0 Å². The van der Waals surface area contributed by atoms with Gasteiger partial charge in [0.15, 0.2) is 0 Å². The zero-order valence-electron chi connectivity index (χ0n) is 10.9. The van der Waals surface area contributed by atoms with Crippen molar-refractivity contribution in [3.63, 3.8) is 0 Å². The molecule has 0 heterocycles. The fourth-order valence-electron chi connectivity index (χ4n) is 2.00. The van der Waals surface area contributed by atoms with Gasteiger partial charge < -0.3 is 14.9 Å². The molecular formula is C12H24O4. The number of aliphatic hydroxyl groups excluding tert-OH is 2. The molecule has 0 spiro atoms. The Balaban J connectivity index is 4.64. The van der Waals surface area contributed by atoms with Gasteiger partial charge in [0, 0.05) is 0 Å². The monoisotopic (exact) mass is 232 g/mol. The zero-order valence-corrected chi connectivity index (χ0v) is 10.9. The average molecular weight is 232 g/mol. The molecule has 4 heteroatoms. The fourth-order valence-corrected chi connectivity index (χ4v) is 2.00. The van der Waals surface area contributed by atoms with Crippen molar-refractivity contribution >= 4 is 5.97 Å². The summed E-state index contributed by atoms with van der Waals surface area (Å²) in [5.74, 6) is -0.436. The van der Waals surface area contributed by atoms with Crippen molar-refractivity contribution in [2.24, 2.45) is 17.3 Å².